The quantitative estimate of drug-likeness (QED) is 0.759. The fourth-order valence-electron chi connectivity index (χ4n) is 4.60. The summed E-state index contributed by atoms with van der Waals surface area (Å²) in [5, 5.41) is 11.4. The van der Waals surface area contributed by atoms with Crippen LogP contribution < -0.4 is 5.73 Å². The van der Waals surface area contributed by atoms with Crippen molar-refractivity contribution in [1.29, 1.82) is 0 Å². The molecule has 19 heavy (non-hydrogen) atoms. The summed E-state index contributed by atoms with van der Waals surface area (Å²) in [5.41, 5.74) is 5.73. The van der Waals surface area contributed by atoms with Crippen LogP contribution in [0.3, 0.4) is 0 Å². The van der Waals surface area contributed by atoms with Crippen molar-refractivity contribution < 1.29 is 5.11 Å². The number of nitrogens with two attached hydrogens (primary N) is 1. The molecule has 0 aromatic rings. The van der Waals surface area contributed by atoms with E-state index in [-0.39, 0.29) is 5.41 Å². The van der Waals surface area contributed by atoms with Crippen molar-refractivity contribution in [3.63, 3.8) is 0 Å². The molecule has 0 heterocycles. The molecular formula is C17H33NO. The Morgan fingerprint density at radius 1 is 0.947 bits per heavy atom. The second kappa shape index (κ2) is 6.58. The van der Waals surface area contributed by atoms with Crippen LogP contribution in [0.1, 0.15) is 84.0 Å². The molecule has 0 spiro atoms. The highest BCUT2D eigenvalue weighted by atomic mass is 16.3. The number of rotatable bonds is 3. The smallest absolute Gasteiger partial charge is 0.0715 e. The molecule has 0 amide bonds. The van der Waals surface area contributed by atoms with E-state index in [1.807, 2.05) is 0 Å². The molecule has 2 heteroatoms. The summed E-state index contributed by atoms with van der Waals surface area (Å²) in [7, 11) is 0. The lowest BCUT2D eigenvalue weighted by molar-refractivity contribution is -0.100. The summed E-state index contributed by atoms with van der Waals surface area (Å²) in [5.74, 6) is 0.828. The van der Waals surface area contributed by atoms with Gasteiger partial charge in [0.15, 0.2) is 0 Å². The predicted molar refractivity (Wildman–Crippen MR) is 81.0 cm³/mol. The third-order valence-electron chi connectivity index (χ3n) is 6.18. The molecule has 2 aliphatic carbocycles. The van der Waals surface area contributed by atoms with Crippen molar-refractivity contribution in [1.82, 2.24) is 0 Å². The highest BCUT2D eigenvalue weighted by Gasteiger charge is 2.49. The SMILES string of the molecule is CCC1CCCC(O)(C2(CN)CCCCCC2)CC1. The summed E-state index contributed by atoms with van der Waals surface area (Å²) >= 11 is 0. The van der Waals surface area contributed by atoms with Crippen LogP contribution in [0.5, 0.6) is 0 Å². The molecule has 2 aliphatic rings. The Morgan fingerprint density at radius 3 is 2.21 bits per heavy atom. The zero-order chi connectivity index (χ0) is 13.8. The van der Waals surface area contributed by atoms with Gasteiger partial charge < -0.3 is 10.8 Å². The second-order valence-corrected chi connectivity index (χ2v) is 7.14. The van der Waals surface area contributed by atoms with Gasteiger partial charge in [0.05, 0.1) is 5.60 Å². The van der Waals surface area contributed by atoms with Crippen molar-refractivity contribution in [2.24, 2.45) is 17.1 Å². The summed E-state index contributed by atoms with van der Waals surface area (Å²) in [6.45, 7) is 2.97. The van der Waals surface area contributed by atoms with Crippen LogP contribution in [0, 0.1) is 11.3 Å². The third-order valence-corrected chi connectivity index (χ3v) is 6.18. The van der Waals surface area contributed by atoms with E-state index >= 15 is 0 Å². The van der Waals surface area contributed by atoms with Crippen molar-refractivity contribution >= 4 is 0 Å². The van der Waals surface area contributed by atoms with Crippen molar-refractivity contribution in [3.05, 3.63) is 0 Å². The van der Waals surface area contributed by atoms with E-state index in [0.717, 1.165) is 31.6 Å². The Morgan fingerprint density at radius 2 is 1.63 bits per heavy atom. The van der Waals surface area contributed by atoms with E-state index in [1.54, 1.807) is 0 Å². The van der Waals surface area contributed by atoms with Crippen molar-refractivity contribution in [2.45, 2.75) is 89.6 Å². The monoisotopic (exact) mass is 267 g/mol. The minimum Gasteiger partial charge on any atom is -0.389 e. The zero-order valence-corrected chi connectivity index (χ0v) is 12.8. The Labute approximate surface area is 119 Å². The van der Waals surface area contributed by atoms with Gasteiger partial charge in [-0.2, -0.15) is 0 Å². The standard InChI is InChI=1S/C17H33NO/c1-2-15-8-7-12-17(19,13-9-15)16(14-18)10-5-3-4-6-11-16/h15,19H,2-14,18H2,1H3. The van der Waals surface area contributed by atoms with E-state index in [2.05, 4.69) is 6.92 Å². The van der Waals surface area contributed by atoms with E-state index < -0.39 is 5.60 Å². The molecule has 0 aromatic carbocycles. The van der Waals surface area contributed by atoms with Crippen LogP contribution in [0.4, 0.5) is 0 Å². The van der Waals surface area contributed by atoms with E-state index in [1.165, 1.54) is 51.4 Å². The molecule has 2 rings (SSSR count). The van der Waals surface area contributed by atoms with E-state index in [9.17, 15) is 5.11 Å². The van der Waals surface area contributed by atoms with Gasteiger partial charge in [0, 0.05) is 12.0 Å². The first-order valence-corrected chi connectivity index (χ1v) is 8.58. The van der Waals surface area contributed by atoms with Gasteiger partial charge in [-0.15, -0.1) is 0 Å². The van der Waals surface area contributed by atoms with Gasteiger partial charge in [0.1, 0.15) is 0 Å². The van der Waals surface area contributed by atoms with Gasteiger partial charge in [0.25, 0.3) is 0 Å². The molecule has 2 atom stereocenters. The van der Waals surface area contributed by atoms with Crippen molar-refractivity contribution in [2.75, 3.05) is 6.54 Å². The molecule has 2 fully saturated rings. The Bertz CT molecular complexity index is 270. The minimum atomic E-state index is -0.476. The number of hydrogen-bond donors (Lipinski definition) is 2. The van der Waals surface area contributed by atoms with Crippen LogP contribution in [0.2, 0.25) is 0 Å². The fraction of sp³-hybridized carbons (Fsp3) is 1.00. The average Bonchev–Trinajstić information content (AvgIpc) is 2.78. The maximum absolute atomic E-state index is 11.4. The second-order valence-electron chi connectivity index (χ2n) is 7.14. The molecule has 0 aliphatic heterocycles. The summed E-state index contributed by atoms with van der Waals surface area (Å²) < 4.78 is 0. The molecule has 2 nitrogen and oxygen atoms in total. The third kappa shape index (κ3) is 3.16. The molecule has 0 saturated heterocycles. The van der Waals surface area contributed by atoms with Crippen LogP contribution >= 0.6 is 0 Å². The lowest BCUT2D eigenvalue weighted by atomic mass is 9.63. The first kappa shape index (κ1) is 15.3. The Balaban J connectivity index is 2.14. The Hall–Kier alpha value is -0.0800. The van der Waals surface area contributed by atoms with Crippen LogP contribution in [-0.4, -0.2) is 17.3 Å². The summed E-state index contributed by atoms with van der Waals surface area (Å²) in [6.07, 6.45) is 14.4. The van der Waals surface area contributed by atoms with Gasteiger partial charge in [-0.1, -0.05) is 51.9 Å². The first-order chi connectivity index (χ1) is 9.16. The first-order valence-electron chi connectivity index (χ1n) is 8.58. The van der Waals surface area contributed by atoms with Gasteiger partial charge in [0.2, 0.25) is 0 Å². The molecule has 0 aromatic heterocycles. The van der Waals surface area contributed by atoms with E-state index in [4.69, 9.17) is 5.73 Å². The maximum atomic E-state index is 11.4. The normalized spacial score (nSPS) is 36.5. The zero-order valence-electron chi connectivity index (χ0n) is 12.8. The molecule has 2 unspecified atom stereocenters. The fourth-order valence-corrected chi connectivity index (χ4v) is 4.60. The average molecular weight is 267 g/mol. The highest BCUT2D eigenvalue weighted by Crippen LogP contribution is 2.49. The maximum Gasteiger partial charge on any atom is 0.0715 e. The topological polar surface area (TPSA) is 46.2 Å². The van der Waals surface area contributed by atoms with Gasteiger partial charge >= 0.3 is 0 Å². The molecule has 0 radical (unpaired) electrons. The Kier molecular flexibility index (Phi) is 5.30. The van der Waals surface area contributed by atoms with Crippen LogP contribution in [0.25, 0.3) is 0 Å². The van der Waals surface area contributed by atoms with Gasteiger partial charge in [-0.25, -0.2) is 0 Å². The summed E-state index contributed by atoms with van der Waals surface area (Å²) in [4.78, 5) is 0. The molecule has 3 N–H and O–H groups in total. The lowest BCUT2D eigenvalue weighted by Crippen LogP contribution is -2.52. The molecule has 2 saturated carbocycles. The molecule has 112 valence electrons. The largest absolute Gasteiger partial charge is 0.389 e. The predicted octanol–water partition coefficient (Wildman–Crippen LogP) is 4.01. The van der Waals surface area contributed by atoms with Gasteiger partial charge in [-0.3, -0.25) is 0 Å². The van der Waals surface area contributed by atoms with Crippen LogP contribution in [0.15, 0.2) is 0 Å². The highest BCUT2D eigenvalue weighted by molar-refractivity contribution is 5.01. The number of aliphatic hydroxyl groups is 1. The minimum absolute atomic E-state index is 0.0200. The molecular weight excluding hydrogens is 234 g/mol. The lowest BCUT2D eigenvalue weighted by Gasteiger charge is -2.47. The van der Waals surface area contributed by atoms with E-state index in [0.29, 0.717) is 6.54 Å². The summed E-state index contributed by atoms with van der Waals surface area (Å²) in [6, 6.07) is 0. The number of hydrogen-bond acceptors (Lipinski definition) is 2. The van der Waals surface area contributed by atoms with Gasteiger partial charge in [-0.05, 0) is 38.0 Å². The molecule has 0 bridgehead atoms. The van der Waals surface area contributed by atoms with Crippen molar-refractivity contribution in [3.8, 4) is 0 Å². The van der Waals surface area contributed by atoms with Crippen LogP contribution in [-0.2, 0) is 0 Å².